The zero-order chi connectivity index (χ0) is 9.54. The number of ether oxygens (including phenoxy) is 1. The van der Waals surface area contributed by atoms with Crippen LogP contribution in [-0.2, 0) is 6.61 Å². The fourth-order valence-electron chi connectivity index (χ4n) is 1.60. The van der Waals surface area contributed by atoms with Crippen LogP contribution >= 0.6 is 22.6 Å². The van der Waals surface area contributed by atoms with Crippen LogP contribution in [0.3, 0.4) is 0 Å². The van der Waals surface area contributed by atoms with Gasteiger partial charge in [0.1, 0.15) is 10.3 Å². The molecule has 0 N–H and O–H groups in total. The third-order valence-corrected chi connectivity index (χ3v) is 2.77. The largest absolute Gasteiger partial charge is 0.473 e. The maximum atomic E-state index is 5.57. The van der Waals surface area contributed by atoms with Crippen LogP contribution in [-0.4, -0.2) is 9.78 Å². The van der Waals surface area contributed by atoms with E-state index < -0.39 is 0 Å². The van der Waals surface area contributed by atoms with Gasteiger partial charge in [-0.3, -0.25) is 0 Å². The van der Waals surface area contributed by atoms with E-state index in [0.717, 1.165) is 15.3 Å². The van der Waals surface area contributed by atoms with Crippen molar-refractivity contribution >= 4 is 22.6 Å². The van der Waals surface area contributed by atoms with Crippen molar-refractivity contribution in [2.24, 2.45) is 0 Å². The smallest absolute Gasteiger partial charge is 0.218 e. The minimum atomic E-state index is 0.637. The van der Waals surface area contributed by atoms with Crippen LogP contribution in [0.25, 0.3) is 5.69 Å². The minimum absolute atomic E-state index is 0.637. The van der Waals surface area contributed by atoms with Crippen LogP contribution < -0.4 is 4.74 Å². The Balaban J connectivity index is 2.28. The molecular formula is C10H7IN2O. The van der Waals surface area contributed by atoms with E-state index in [1.165, 1.54) is 5.56 Å². The number of benzene rings is 1. The van der Waals surface area contributed by atoms with Crippen LogP contribution in [0, 0.1) is 3.70 Å². The molecule has 0 bridgehead atoms. The second-order valence-corrected chi connectivity index (χ2v) is 4.24. The molecule has 1 aliphatic heterocycles. The van der Waals surface area contributed by atoms with Gasteiger partial charge in [-0.05, 0) is 28.7 Å². The Kier molecular flexibility index (Phi) is 1.76. The molecule has 0 saturated carbocycles. The molecule has 1 aliphatic rings. The summed E-state index contributed by atoms with van der Waals surface area (Å²) >= 11 is 2.19. The number of hydrogen-bond donors (Lipinski definition) is 0. The van der Waals surface area contributed by atoms with E-state index in [0.29, 0.717) is 6.61 Å². The molecule has 0 fully saturated rings. The van der Waals surface area contributed by atoms with Gasteiger partial charge in [-0.15, -0.1) is 0 Å². The highest BCUT2D eigenvalue weighted by atomic mass is 127. The molecule has 14 heavy (non-hydrogen) atoms. The first-order chi connectivity index (χ1) is 6.84. The molecule has 0 saturated heterocycles. The molecule has 0 amide bonds. The van der Waals surface area contributed by atoms with Gasteiger partial charge in [0.2, 0.25) is 5.88 Å². The highest BCUT2D eigenvalue weighted by Crippen LogP contribution is 2.28. The summed E-state index contributed by atoms with van der Waals surface area (Å²) < 4.78 is 8.37. The fraction of sp³-hybridized carbons (Fsp3) is 0.100. The Bertz CT molecular complexity index is 493. The molecule has 2 aromatic rings. The lowest BCUT2D eigenvalue weighted by Crippen LogP contribution is -2.12. The third-order valence-electron chi connectivity index (χ3n) is 2.24. The van der Waals surface area contributed by atoms with Crippen molar-refractivity contribution in [1.82, 2.24) is 9.78 Å². The van der Waals surface area contributed by atoms with E-state index in [1.54, 1.807) is 0 Å². The van der Waals surface area contributed by atoms with Crippen molar-refractivity contribution in [2.45, 2.75) is 6.61 Å². The number of halogens is 1. The summed E-state index contributed by atoms with van der Waals surface area (Å²) in [5.74, 6) is 0.827. The van der Waals surface area contributed by atoms with E-state index in [-0.39, 0.29) is 0 Å². The Labute approximate surface area is 94.8 Å². The summed E-state index contributed by atoms with van der Waals surface area (Å²) in [6.07, 6.45) is 0. The van der Waals surface area contributed by atoms with Crippen LogP contribution in [0.2, 0.25) is 0 Å². The summed E-state index contributed by atoms with van der Waals surface area (Å²) in [7, 11) is 0. The van der Waals surface area contributed by atoms with Gasteiger partial charge in [-0.25, -0.2) is 0 Å². The predicted octanol–water partition coefficient (Wildman–Crippen LogP) is 2.37. The second kappa shape index (κ2) is 2.98. The first-order valence-corrected chi connectivity index (χ1v) is 5.39. The molecule has 0 radical (unpaired) electrons. The standard InChI is InChI=1S/C10H7IN2O/c11-9-5-10-13(12-9)8-4-2-1-3-7(8)6-14-10/h1-5H,6H2. The van der Waals surface area contributed by atoms with Gasteiger partial charge in [-0.2, -0.15) is 9.78 Å². The molecule has 1 aromatic heterocycles. The van der Waals surface area contributed by atoms with Gasteiger partial charge >= 0.3 is 0 Å². The zero-order valence-corrected chi connectivity index (χ0v) is 9.43. The number of aromatic nitrogens is 2. The Morgan fingerprint density at radius 1 is 1.36 bits per heavy atom. The summed E-state index contributed by atoms with van der Waals surface area (Å²) in [6.45, 7) is 0.637. The van der Waals surface area contributed by atoms with Crippen molar-refractivity contribution in [3.8, 4) is 11.6 Å². The minimum Gasteiger partial charge on any atom is -0.473 e. The summed E-state index contributed by atoms with van der Waals surface area (Å²) in [4.78, 5) is 0. The molecule has 4 heteroatoms. The Morgan fingerprint density at radius 3 is 3.14 bits per heavy atom. The highest BCUT2D eigenvalue weighted by Gasteiger charge is 2.17. The molecule has 0 spiro atoms. The van der Waals surface area contributed by atoms with Gasteiger partial charge in [0.15, 0.2) is 0 Å². The van der Waals surface area contributed by atoms with Crippen molar-refractivity contribution in [2.75, 3.05) is 0 Å². The maximum absolute atomic E-state index is 5.57. The molecule has 3 nitrogen and oxygen atoms in total. The lowest BCUT2D eigenvalue weighted by molar-refractivity contribution is 0.271. The molecule has 1 aromatic carbocycles. The second-order valence-electron chi connectivity index (χ2n) is 3.13. The molecule has 3 rings (SSSR count). The van der Waals surface area contributed by atoms with E-state index in [9.17, 15) is 0 Å². The molecule has 0 unspecified atom stereocenters. The van der Waals surface area contributed by atoms with Crippen LogP contribution in [0.15, 0.2) is 30.3 Å². The highest BCUT2D eigenvalue weighted by molar-refractivity contribution is 14.1. The average molecular weight is 298 g/mol. The summed E-state index contributed by atoms with van der Waals surface area (Å²) in [5, 5.41) is 4.37. The number of fused-ring (bicyclic) bond motifs is 3. The van der Waals surface area contributed by atoms with Crippen molar-refractivity contribution in [1.29, 1.82) is 0 Å². The first kappa shape index (κ1) is 8.28. The summed E-state index contributed by atoms with van der Waals surface area (Å²) in [6, 6.07) is 10.1. The van der Waals surface area contributed by atoms with Gasteiger partial charge < -0.3 is 4.74 Å². The number of hydrogen-bond acceptors (Lipinski definition) is 2. The van der Waals surface area contributed by atoms with E-state index >= 15 is 0 Å². The van der Waals surface area contributed by atoms with Gasteiger partial charge in [0.05, 0.1) is 5.69 Å². The quantitative estimate of drug-likeness (QED) is 0.698. The Morgan fingerprint density at radius 2 is 2.21 bits per heavy atom. The zero-order valence-electron chi connectivity index (χ0n) is 7.27. The summed E-state index contributed by atoms with van der Waals surface area (Å²) in [5.41, 5.74) is 2.30. The normalized spacial score (nSPS) is 12.9. The lowest BCUT2D eigenvalue weighted by Gasteiger charge is -2.17. The number of nitrogens with zero attached hydrogens (tertiary/aromatic N) is 2. The van der Waals surface area contributed by atoms with Crippen LogP contribution in [0.5, 0.6) is 5.88 Å². The third kappa shape index (κ3) is 1.13. The van der Waals surface area contributed by atoms with E-state index in [4.69, 9.17) is 4.74 Å². The van der Waals surface area contributed by atoms with Gasteiger partial charge in [-0.1, -0.05) is 18.2 Å². The Hall–Kier alpha value is -1.04. The lowest BCUT2D eigenvalue weighted by atomic mass is 10.2. The van der Waals surface area contributed by atoms with Crippen molar-refractivity contribution < 1.29 is 4.74 Å². The topological polar surface area (TPSA) is 27.1 Å². The predicted molar refractivity (Wildman–Crippen MR) is 60.6 cm³/mol. The SMILES string of the molecule is Ic1cc2n(n1)-c1ccccc1CO2. The van der Waals surface area contributed by atoms with Gasteiger partial charge in [0.25, 0.3) is 0 Å². The van der Waals surface area contributed by atoms with Crippen molar-refractivity contribution in [3.05, 3.63) is 39.6 Å². The van der Waals surface area contributed by atoms with Crippen molar-refractivity contribution in [3.63, 3.8) is 0 Å². The molecular weight excluding hydrogens is 291 g/mol. The average Bonchev–Trinajstić information content (AvgIpc) is 2.59. The monoisotopic (exact) mass is 298 g/mol. The fourth-order valence-corrected chi connectivity index (χ4v) is 2.09. The number of para-hydroxylation sites is 1. The molecule has 2 heterocycles. The van der Waals surface area contributed by atoms with Gasteiger partial charge in [0, 0.05) is 11.6 Å². The first-order valence-electron chi connectivity index (χ1n) is 4.31. The van der Waals surface area contributed by atoms with E-state index in [1.807, 2.05) is 22.9 Å². The molecule has 0 aliphatic carbocycles. The molecule has 0 atom stereocenters. The molecule has 70 valence electrons. The van der Waals surface area contributed by atoms with Crippen LogP contribution in [0.1, 0.15) is 5.56 Å². The van der Waals surface area contributed by atoms with E-state index in [2.05, 4.69) is 39.8 Å². The number of rotatable bonds is 0. The van der Waals surface area contributed by atoms with Crippen LogP contribution in [0.4, 0.5) is 0 Å². The maximum Gasteiger partial charge on any atom is 0.218 e.